The molecule has 3 aromatic rings. The summed E-state index contributed by atoms with van der Waals surface area (Å²) in [5, 5.41) is 16.0. The fraction of sp³-hybridized carbons (Fsp3) is 0.0667. The van der Waals surface area contributed by atoms with Crippen molar-refractivity contribution in [2.45, 2.75) is 0 Å². The predicted molar refractivity (Wildman–Crippen MR) is 83.6 cm³/mol. The Labute approximate surface area is 129 Å². The van der Waals surface area contributed by atoms with Gasteiger partial charge in [0.1, 0.15) is 6.07 Å². The van der Waals surface area contributed by atoms with Crippen molar-refractivity contribution in [1.29, 1.82) is 5.26 Å². The molecule has 0 N–H and O–H groups in total. The molecule has 2 aromatic carbocycles. The number of aromatic nitrogens is 2. The molecule has 3 nitrogen and oxygen atoms in total. The topological polar surface area (TPSA) is 41.6 Å². The fourth-order valence-corrected chi connectivity index (χ4v) is 3.19. The number of nitriles is 1. The zero-order valence-corrected chi connectivity index (χ0v) is 12.9. The second-order valence-electron chi connectivity index (χ2n) is 4.41. The number of hydrogen-bond acceptors (Lipinski definition) is 2. The molecule has 0 bridgehead atoms. The van der Waals surface area contributed by atoms with Crippen molar-refractivity contribution in [1.82, 2.24) is 9.78 Å². The molecule has 1 heterocycles. The maximum Gasteiger partial charge on any atom is 0.101 e. The second kappa shape index (κ2) is 4.93. The molecule has 0 spiro atoms. The highest BCUT2D eigenvalue weighted by Crippen LogP contribution is 2.37. The molecular formula is C15H9BrClN3. The van der Waals surface area contributed by atoms with Crippen LogP contribution in [0, 0.1) is 11.3 Å². The molecule has 1 aromatic heterocycles. The second-order valence-corrected chi connectivity index (χ2v) is 5.64. The molecule has 98 valence electrons. The van der Waals surface area contributed by atoms with Gasteiger partial charge in [-0.1, -0.05) is 35.9 Å². The van der Waals surface area contributed by atoms with Crippen molar-refractivity contribution < 1.29 is 0 Å². The van der Waals surface area contributed by atoms with Crippen LogP contribution in [0.3, 0.4) is 0 Å². The van der Waals surface area contributed by atoms with Crippen molar-refractivity contribution in [2.75, 3.05) is 0 Å². The Kier molecular flexibility index (Phi) is 3.25. The Hall–Kier alpha value is -1.83. The van der Waals surface area contributed by atoms with Gasteiger partial charge in [0.15, 0.2) is 0 Å². The highest BCUT2D eigenvalue weighted by atomic mass is 79.9. The largest absolute Gasteiger partial charge is 0.267 e. The van der Waals surface area contributed by atoms with Crippen LogP contribution in [0.1, 0.15) is 5.56 Å². The van der Waals surface area contributed by atoms with E-state index >= 15 is 0 Å². The van der Waals surface area contributed by atoms with E-state index in [1.54, 1.807) is 10.9 Å². The van der Waals surface area contributed by atoms with E-state index in [2.05, 4.69) is 27.1 Å². The average Bonchev–Trinajstić information content (AvgIpc) is 2.78. The summed E-state index contributed by atoms with van der Waals surface area (Å²) in [5.41, 5.74) is 2.09. The summed E-state index contributed by atoms with van der Waals surface area (Å²) in [4.78, 5) is 0. The molecule has 0 aliphatic carbocycles. The molecule has 20 heavy (non-hydrogen) atoms. The zero-order valence-electron chi connectivity index (χ0n) is 10.6. The summed E-state index contributed by atoms with van der Waals surface area (Å²) in [6.45, 7) is 0. The van der Waals surface area contributed by atoms with Crippen LogP contribution in [0.25, 0.3) is 22.0 Å². The summed E-state index contributed by atoms with van der Waals surface area (Å²) in [7, 11) is 1.84. The van der Waals surface area contributed by atoms with E-state index < -0.39 is 0 Å². The van der Waals surface area contributed by atoms with Gasteiger partial charge in [-0.25, -0.2) is 0 Å². The van der Waals surface area contributed by atoms with Crippen LogP contribution in [0.5, 0.6) is 0 Å². The summed E-state index contributed by atoms with van der Waals surface area (Å²) >= 11 is 9.87. The lowest BCUT2D eigenvalue weighted by Crippen LogP contribution is -1.97. The molecule has 0 aliphatic heterocycles. The Balaban J connectivity index is 2.45. The van der Waals surface area contributed by atoms with Crippen LogP contribution < -0.4 is 0 Å². The van der Waals surface area contributed by atoms with Crippen molar-refractivity contribution in [3.63, 3.8) is 0 Å². The molecule has 3 rings (SSSR count). The van der Waals surface area contributed by atoms with Crippen molar-refractivity contribution in [3.8, 4) is 17.3 Å². The third-order valence-corrected chi connectivity index (χ3v) is 4.22. The molecule has 0 fully saturated rings. The standard InChI is InChI=1S/C15H9BrClN3/c1-20-15(13(16)8-19-20)11-6-9-4-2-3-5-10(9)14(17)12(11)7-18/h2-6,8H,1H3. The molecule has 0 amide bonds. The molecule has 0 unspecified atom stereocenters. The molecule has 0 atom stereocenters. The first-order valence-corrected chi connectivity index (χ1v) is 7.09. The zero-order chi connectivity index (χ0) is 14.3. The third-order valence-electron chi connectivity index (χ3n) is 3.25. The first kappa shape index (κ1) is 13.2. The number of halogens is 2. The first-order chi connectivity index (χ1) is 9.63. The SMILES string of the molecule is Cn1ncc(Br)c1-c1cc2ccccc2c(Cl)c1C#N. The van der Waals surface area contributed by atoms with Crippen molar-refractivity contribution in [2.24, 2.45) is 7.05 Å². The van der Waals surface area contributed by atoms with Crippen LogP contribution in [-0.2, 0) is 7.05 Å². The van der Waals surface area contributed by atoms with Gasteiger partial charge in [0.25, 0.3) is 0 Å². The lowest BCUT2D eigenvalue weighted by atomic mass is 9.99. The first-order valence-electron chi connectivity index (χ1n) is 5.92. The minimum absolute atomic E-state index is 0.467. The quantitative estimate of drug-likeness (QED) is 0.649. The van der Waals surface area contributed by atoms with Gasteiger partial charge in [-0.3, -0.25) is 4.68 Å². The smallest absolute Gasteiger partial charge is 0.101 e. The maximum absolute atomic E-state index is 9.46. The molecule has 5 heteroatoms. The fourth-order valence-electron chi connectivity index (χ4n) is 2.31. The van der Waals surface area contributed by atoms with Gasteiger partial charge < -0.3 is 0 Å². The molecule has 0 saturated heterocycles. The number of nitrogens with zero attached hydrogens (tertiary/aromatic N) is 3. The predicted octanol–water partition coefficient (Wildman–Crippen LogP) is 4.53. The van der Waals surface area contributed by atoms with Gasteiger partial charge in [0.2, 0.25) is 0 Å². The van der Waals surface area contributed by atoms with Gasteiger partial charge in [-0.05, 0) is 27.4 Å². The molecule has 0 saturated carbocycles. The monoisotopic (exact) mass is 345 g/mol. The van der Waals surface area contributed by atoms with Crippen LogP contribution in [0.15, 0.2) is 41.0 Å². The van der Waals surface area contributed by atoms with Gasteiger partial charge in [0, 0.05) is 18.0 Å². The minimum Gasteiger partial charge on any atom is -0.267 e. The van der Waals surface area contributed by atoms with E-state index in [0.717, 1.165) is 26.5 Å². The number of aryl methyl sites for hydroxylation is 1. The third kappa shape index (κ3) is 1.91. The van der Waals surface area contributed by atoms with Gasteiger partial charge >= 0.3 is 0 Å². The highest BCUT2D eigenvalue weighted by molar-refractivity contribution is 9.10. The van der Waals surface area contributed by atoms with E-state index in [4.69, 9.17) is 11.6 Å². The summed E-state index contributed by atoms with van der Waals surface area (Å²) < 4.78 is 2.56. The number of hydrogen-bond donors (Lipinski definition) is 0. The normalized spacial score (nSPS) is 10.7. The van der Waals surface area contributed by atoms with E-state index in [0.29, 0.717) is 10.6 Å². The number of rotatable bonds is 1. The Bertz CT molecular complexity index is 842. The summed E-state index contributed by atoms with van der Waals surface area (Å²) in [6, 6.07) is 11.9. The number of fused-ring (bicyclic) bond motifs is 1. The highest BCUT2D eigenvalue weighted by Gasteiger charge is 2.17. The van der Waals surface area contributed by atoms with Gasteiger partial charge in [-0.2, -0.15) is 10.4 Å². The lowest BCUT2D eigenvalue weighted by molar-refractivity contribution is 0.775. The summed E-state index contributed by atoms with van der Waals surface area (Å²) in [6.07, 6.45) is 1.71. The molecule has 0 aliphatic rings. The molecule has 0 radical (unpaired) electrons. The van der Waals surface area contributed by atoms with Crippen LogP contribution in [0.4, 0.5) is 0 Å². The average molecular weight is 347 g/mol. The Morgan fingerprint density at radius 3 is 2.75 bits per heavy atom. The maximum atomic E-state index is 9.46. The Morgan fingerprint density at radius 2 is 2.10 bits per heavy atom. The number of benzene rings is 2. The van der Waals surface area contributed by atoms with Crippen LogP contribution >= 0.6 is 27.5 Å². The van der Waals surface area contributed by atoms with E-state index in [-0.39, 0.29) is 0 Å². The van der Waals surface area contributed by atoms with E-state index in [9.17, 15) is 5.26 Å². The van der Waals surface area contributed by atoms with E-state index in [1.165, 1.54) is 0 Å². The van der Waals surface area contributed by atoms with Crippen LogP contribution in [0.2, 0.25) is 5.02 Å². The summed E-state index contributed by atoms with van der Waals surface area (Å²) in [5.74, 6) is 0. The van der Waals surface area contributed by atoms with Crippen LogP contribution in [-0.4, -0.2) is 9.78 Å². The van der Waals surface area contributed by atoms with Gasteiger partial charge in [0.05, 0.1) is 26.9 Å². The van der Waals surface area contributed by atoms with Crippen molar-refractivity contribution in [3.05, 3.63) is 51.6 Å². The van der Waals surface area contributed by atoms with Crippen molar-refractivity contribution >= 4 is 38.3 Å². The van der Waals surface area contributed by atoms with E-state index in [1.807, 2.05) is 37.4 Å². The minimum atomic E-state index is 0.467. The Morgan fingerprint density at radius 1 is 1.35 bits per heavy atom. The lowest BCUT2D eigenvalue weighted by Gasteiger charge is -2.10. The molecular weight excluding hydrogens is 338 g/mol. The van der Waals surface area contributed by atoms with Gasteiger partial charge in [-0.15, -0.1) is 0 Å².